The van der Waals surface area contributed by atoms with Crippen molar-refractivity contribution >= 4 is 5.91 Å². The molecule has 9 nitrogen and oxygen atoms in total. The molecule has 0 saturated carbocycles. The number of tetrazole rings is 1. The van der Waals surface area contributed by atoms with Gasteiger partial charge in [0.2, 0.25) is 5.91 Å². The van der Waals surface area contributed by atoms with E-state index in [2.05, 4.69) is 32.2 Å². The van der Waals surface area contributed by atoms with Gasteiger partial charge in [0, 0.05) is 45.8 Å². The Kier molecular flexibility index (Phi) is 6.11. The molecular weight excluding hydrogens is 310 g/mol. The lowest BCUT2D eigenvalue weighted by molar-refractivity contribution is -0.136. The minimum Gasteiger partial charge on any atom is -0.378 e. The average Bonchev–Trinajstić information content (AvgIpc) is 3.05. The SMILES string of the molecule is CCCn1nnnc1CN1CCN(CC(=O)N2CCOCC2)CC1. The summed E-state index contributed by atoms with van der Waals surface area (Å²) in [5.41, 5.74) is 0. The topological polar surface area (TPSA) is 79.6 Å². The first-order valence-electron chi connectivity index (χ1n) is 8.81. The number of hydrogen-bond acceptors (Lipinski definition) is 7. The van der Waals surface area contributed by atoms with Gasteiger partial charge in [0.1, 0.15) is 0 Å². The standard InChI is InChI=1S/C15H27N7O2/c1-2-3-22-14(16-17-18-22)12-19-4-6-20(7-5-19)13-15(23)21-8-10-24-11-9-21/h2-13H2,1H3. The van der Waals surface area contributed by atoms with Crippen LogP contribution < -0.4 is 0 Å². The normalized spacial score (nSPS) is 20.5. The molecule has 1 amide bonds. The zero-order chi connectivity index (χ0) is 16.8. The summed E-state index contributed by atoms with van der Waals surface area (Å²) in [6.07, 6.45) is 1.02. The third kappa shape index (κ3) is 4.49. The number of ether oxygens (including phenoxy) is 1. The molecule has 9 heteroatoms. The molecule has 2 aliphatic rings. The number of carbonyl (C=O) groups is 1. The summed E-state index contributed by atoms with van der Waals surface area (Å²) < 4.78 is 7.18. The highest BCUT2D eigenvalue weighted by molar-refractivity contribution is 5.78. The quantitative estimate of drug-likeness (QED) is 0.663. The average molecular weight is 337 g/mol. The zero-order valence-electron chi connectivity index (χ0n) is 14.4. The molecule has 2 fully saturated rings. The van der Waals surface area contributed by atoms with Crippen LogP contribution in [0.3, 0.4) is 0 Å². The molecule has 0 spiro atoms. The number of nitrogens with zero attached hydrogens (tertiary/aromatic N) is 7. The molecule has 3 rings (SSSR count). The highest BCUT2D eigenvalue weighted by atomic mass is 16.5. The second kappa shape index (κ2) is 8.50. The van der Waals surface area contributed by atoms with Crippen molar-refractivity contribution in [1.82, 2.24) is 34.9 Å². The molecule has 0 N–H and O–H groups in total. The van der Waals surface area contributed by atoms with Crippen LogP contribution in [0.25, 0.3) is 0 Å². The fourth-order valence-corrected chi connectivity index (χ4v) is 3.13. The lowest BCUT2D eigenvalue weighted by Crippen LogP contribution is -2.51. The maximum absolute atomic E-state index is 12.3. The Balaban J connectivity index is 1.42. The molecule has 1 aromatic heterocycles. The first-order valence-corrected chi connectivity index (χ1v) is 8.81. The zero-order valence-corrected chi connectivity index (χ0v) is 14.4. The van der Waals surface area contributed by atoms with Crippen molar-refractivity contribution in [3.05, 3.63) is 5.82 Å². The molecule has 134 valence electrons. The van der Waals surface area contributed by atoms with E-state index in [-0.39, 0.29) is 5.91 Å². The van der Waals surface area contributed by atoms with Gasteiger partial charge in [-0.3, -0.25) is 14.6 Å². The van der Waals surface area contributed by atoms with Crippen LogP contribution in [-0.4, -0.2) is 99.8 Å². The van der Waals surface area contributed by atoms with Crippen molar-refractivity contribution in [3.8, 4) is 0 Å². The van der Waals surface area contributed by atoms with E-state index in [1.54, 1.807) is 0 Å². The Labute approximate surface area is 142 Å². The Hall–Kier alpha value is -1.58. The summed E-state index contributed by atoms with van der Waals surface area (Å²) in [6.45, 7) is 10.7. The van der Waals surface area contributed by atoms with Gasteiger partial charge in [0.25, 0.3) is 0 Å². The fourth-order valence-electron chi connectivity index (χ4n) is 3.13. The van der Waals surface area contributed by atoms with E-state index >= 15 is 0 Å². The van der Waals surface area contributed by atoms with E-state index in [9.17, 15) is 4.79 Å². The molecule has 0 radical (unpaired) electrons. The summed E-state index contributed by atoms with van der Waals surface area (Å²) in [6, 6.07) is 0. The molecule has 24 heavy (non-hydrogen) atoms. The van der Waals surface area contributed by atoms with E-state index < -0.39 is 0 Å². The first kappa shape index (κ1) is 17.2. The fraction of sp³-hybridized carbons (Fsp3) is 0.867. The summed E-state index contributed by atoms with van der Waals surface area (Å²) in [5, 5.41) is 11.9. The van der Waals surface area contributed by atoms with Crippen molar-refractivity contribution in [2.24, 2.45) is 0 Å². The van der Waals surface area contributed by atoms with Crippen molar-refractivity contribution < 1.29 is 9.53 Å². The van der Waals surface area contributed by atoms with E-state index in [0.29, 0.717) is 19.8 Å². The minimum absolute atomic E-state index is 0.221. The summed E-state index contributed by atoms with van der Waals surface area (Å²) in [4.78, 5) is 18.8. The molecule has 0 atom stereocenters. The molecular formula is C15H27N7O2. The van der Waals surface area contributed by atoms with Crippen molar-refractivity contribution in [2.75, 3.05) is 59.0 Å². The maximum Gasteiger partial charge on any atom is 0.236 e. The second-order valence-electron chi connectivity index (χ2n) is 6.36. The molecule has 0 aromatic carbocycles. The van der Waals surface area contributed by atoms with Gasteiger partial charge in [0.15, 0.2) is 5.82 Å². The minimum atomic E-state index is 0.221. The third-order valence-corrected chi connectivity index (χ3v) is 4.59. The predicted octanol–water partition coefficient (Wildman–Crippen LogP) is -0.940. The van der Waals surface area contributed by atoms with E-state index in [1.165, 1.54) is 0 Å². The van der Waals surface area contributed by atoms with Crippen LogP contribution in [0, 0.1) is 0 Å². The summed E-state index contributed by atoms with van der Waals surface area (Å²) >= 11 is 0. The Morgan fingerprint density at radius 2 is 1.79 bits per heavy atom. The van der Waals surface area contributed by atoms with Gasteiger partial charge < -0.3 is 9.64 Å². The van der Waals surface area contributed by atoms with Gasteiger partial charge in [0.05, 0.1) is 26.3 Å². The van der Waals surface area contributed by atoms with Crippen LogP contribution in [0.4, 0.5) is 0 Å². The molecule has 0 aliphatic carbocycles. The Morgan fingerprint density at radius 1 is 1.08 bits per heavy atom. The maximum atomic E-state index is 12.3. The van der Waals surface area contributed by atoms with E-state index in [1.807, 2.05) is 9.58 Å². The number of aryl methyl sites for hydroxylation is 1. The molecule has 0 unspecified atom stereocenters. The smallest absolute Gasteiger partial charge is 0.236 e. The van der Waals surface area contributed by atoms with Gasteiger partial charge in [-0.1, -0.05) is 6.92 Å². The highest BCUT2D eigenvalue weighted by Crippen LogP contribution is 2.08. The third-order valence-electron chi connectivity index (χ3n) is 4.59. The lowest BCUT2D eigenvalue weighted by Gasteiger charge is -2.35. The molecule has 2 aliphatic heterocycles. The van der Waals surface area contributed by atoms with Crippen LogP contribution in [0.15, 0.2) is 0 Å². The number of carbonyl (C=O) groups excluding carboxylic acids is 1. The molecule has 1 aromatic rings. The lowest BCUT2D eigenvalue weighted by atomic mass is 10.3. The van der Waals surface area contributed by atoms with Gasteiger partial charge in [-0.15, -0.1) is 5.10 Å². The number of amides is 1. The van der Waals surface area contributed by atoms with Crippen LogP contribution in [0.2, 0.25) is 0 Å². The van der Waals surface area contributed by atoms with Gasteiger partial charge in [-0.25, -0.2) is 4.68 Å². The van der Waals surface area contributed by atoms with Crippen LogP contribution >= 0.6 is 0 Å². The van der Waals surface area contributed by atoms with Crippen molar-refractivity contribution in [3.63, 3.8) is 0 Å². The predicted molar refractivity (Wildman–Crippen MR) is 87.2 cm³/mol. The van der Waals surface area contributed by atoms with Crippen LogP contribution in [-0.2, 0) is 22.6 Å². The summed E-state index contributed by atoms with van der Waals surface area (Å²) in [7, 11) is 0. The molecule has 2 saturated heterocycles. The van der Waals surface area contributed by atoms with Crippen LogP contribution in [0.1, 0.15) is 19.2 Å². The molecule has 3 heterocycles. The Morgan fingerprint density at radius 3 is 2.50 bits per heavy atom. The van der Waals surface area contributed by atoms with Crippen molar-refractivity contribution in [2.45, 2.75) is 26.4 Å². The largest absolute Gasteiger partial charge is 0.378 e. The van der Waals surface area contributed by atoms with Gasteiger partial charge in [-0.05, 0) is 16.8 Å². The number of aromatic nitrogens is 4. The summed E-state index contributed by atoms with van der Waals surface area (Å²) in [5.74, 6) is 1.15. The van der Waals surface area contributed by atoms with E-state index in [0.717, 1.165) is 64.6 Å². The number of piperazine rings is 1. The van der Waals surface area contributed by atoms with Gasteiger partial charge in [-0.2, -0.15) is 0 Å². The van der Waals surface area contributed by atoms with Crippen LogP contribution in [0.5, 0.6) is 0 Å². The van der Waals surface area contributed by atoms with Gasteiger partial charge >= 0.3 is 0 Å². The Bertz CT molecular complexity index is 522. The first-order chi connectivity index (χ1) is 11.8. The number of rotatable bonds is 6. The second-order valence-corrected chi connectivity index (χ2v) is 6.36. The monoisotopic (exact) mass is 337 g/mol. The number of hydrogen-bond donors (Lipinski definition) is 0. The van der Waals surface area contributed by atoms with Crippen molar-refractivity contribution in [1.29, 1.82) is 0 Å². The highest BCUT2D eigenvalue weighted by Gasteiger charge is 2.23. The number of morpholine rings is 1. The van der Waals surface area contributed by atoms with E-state index in [4.69, 9.17) is 4.74 Å². The molecule has 0 bridgehead atoms.